The van der Waals surface area contributed by atoms with E-state index in [1.807, 2.05) is 30.3 Å². The fourth-order valence-corrected chi connectivity index (χ4v) is 2.69. The largest absolute Gasteiger partial charge is 0.416 e. The first-order valence-electron chi connectivity index (χ1n) is 7.58. The number of nitrogens with zero attached hydrogens (tertiary/aromatic N) is 1. The second-order valence-corrected chi connectivity index (χ2v) is 5.60. The number of benzene rings is 2. The summed E-state index contributed by atoms with van der Waals surface area (Å²) in [6.07, 6.45) is -4.63. The van der Waals surface area contributed by atoms with Crippen molar-refractivity contribution < 1.29 is 22.7 Å². The van der Waals surface area contributed by atoms with E-state index in [4.69, 9.17) is 4.74 Å². The van der Waals surface area contributed by atoms with Crippen LogP contribution in [0.3, 0.4) is 0 Å². The lowest BCUT2D eigenvalue weighted by Gasteiger charge is -2.33. The molecule has 1 aliphatic heterocycles. The molecular weight excluding hydrogens is 319 g/mol. The molecule has 1 fully saturated rings. The molecule has 3 rings (SSSR count). The summed E-state index contributed by atoms with van der Waals surface area (Å²) in [5, 5.41) is 0. The Hall–Kier alpha value is -2.34. The van der Waals surface area contributed by atoms with Crippen molar-refractivity contribution in [3.63, 3.8) is 0 Å². The van der Waals surface area contributed by atoms with Gasteiger partial charge in [0, 0.05) is 12.1 Å². The van der Waals surface area contributed by atoms with Gasteiger partial charge in [-0.3, -0.25) is 4.79 Å². The summed E-state index contributed by atoms with van der Waals surface area (Å²) in [5.74, 6) is -0.284. The number of morpholine rings is 1. The summed E-state index contributed by atoms with van der Waals surface area (Å²) in [5.41, 5.74) is 0.460. The molecule has 126 valence electrons. The SMILES string of the molecule is O=C(c1ccc(C(F)(F)F)cc1)N1CCOC(c2ccccc2)C1. The summed E-state index contributed by atoms with van der Waals surface area (Å²) in [6, 6.07) is 13.9. The molecular formula is C18H16F3NO2. The Morgan fingerprint density at radius 1 is 1.04 bits per heavy atom. The minimum atomic E-state index is -4.40. The van der Waals surface area contributed by atoms with Crippen molar-refractivity contribution in [2.75, 3.05) is 19.7 Å². The quantitative estimate of drug-likeness (QED) is 0.832. The molecule has 3 nitrogen and oxygen atoms in total. The third-order valence-corrected chi connectivity index (χ3v) is 3.98. The molecule has 1 aliphatic rings. The molecule has 0 aromatic heterocycles. The van der Waals surface area contributed by atoms with Gasteiger partial charge in [0.05, 0.1) is 18.7 Å². The smallest absolute Gasteiger partial charge is 0.370 e. The first kappa shape index (κ1) is 16.5. The molecule has 6 heteroatoms. The zero-order chi connectivity index (χ0) is 17.2. The van der Waals surface area contributed by atoms with Crippen LogP contribution in [0.4, 0.5) is 13.2 Å². The normalized spacial score (nSPS) is 18.5. The second kappa shape index (κ2) is 6.65. The number of alkyl halides is 3. The van der Waals surface area contributed by atoms with Crippen molar-refractivity contribution in [3.8, 4) is 0 Å². The Balaban J connectivity index is 1.73. The van der Waals surface area contributed by atoms with Gasteiger partial charge < -0.3 is 9.64 Å². The molecule has 1 atom stereocenters. The minimum Gasteiger partial charge on any atom is -0.370 e. The maximum atomic E-state index is 12.6. The van der Waals surface area contributed by atoms with E-state index in [1.165, 1.54) is 12.1 Å². The van der Waals surface area contributed by atoms with Gasteiger partial charge in [0.15, 0.2) is 0 Å². The van der Waals surface area contributed by atoms with Crippen molar-refractivity contribution in [2.24, 2.45) is 0 Å². The number of carbonyl (C=O) groups is 1. The predicted molar refractivity (Wildman–Crippen MR) is 82.5 cm³/mol. The van der Waals surface area contributed by atoms with Crippen molar-refractivity contribution >= 4 is 5.91 Å². The van der Waals surface area contributed by atoms with Crippen LogP contribution in [-0.4, -0.2) is 30.5 Å². The summed E-state index contributed by atoms with van der Waals surface area (Å²) >= 11 is 0. The van der Waals surface area contributed by atoms with Gasteiger partial charge in [-0.2, -0.15) is 13.2 Å². The lowest BCUT2D eigenvalue weighted by molar-refractivity contribution is -0.137. The van der Waals surface area contributed by atoms with E-state index >= 15 is 0 Å². The van der Waals surface area contributed by atoms with Crippen LogP contribution < -0.4 is 0 Å². The molecule has 0 bridgehead atoms. The standard InChI is InChI=1S/C18H16F3NO2/c19-18(20,21)15-8-6-14(7-9-15)17(23)22-10-11-24-16(12-22)13-4-2-1-3-5-13/h1-9,16H,10-12H2. The molecule has 0 N–H and O–H groups in total. The van der Waals surface area contributed by atoms with Crippen LogP contribution in [0, 0.1) is 0 Å². The highest BCUT2D eigenvalue weighted by molar-refractivity contribution is 5.94. The summed E-state index contributed by atoms with van der Waals surface area (Å²) < 4.78 is 43.5. The molecule has 0 spiro atoms. The van der Waals surface area contributed by atoms with E-state index in [9.17, 15) is 18.0 Å². The van der Waals surface area contributed by atoms with E-state index in [-0.39, 0.29) is 17.6 Å². The van der Waals surface area contributed by atoms with Gasteiger partial charge in [-0.1, -0.05) is 30.3 Å². The fourth-order valence-electron chi connectivity index (χ4n) is 2.69. The molecule has 2 aromatic rings. The third kappa shape index (κ3) is 3.59. The van der Waals surface area contributed by atoms with Crippen LogP contribution in [0.2, 0.25) is 0 Å². The van der Waals surface area contributed by atoms with Crippen LogP contribution in [0.1, 0.15) is 27.6 Å². The molecule has 1 unspecified atom stereocenters. The molecule has 1 amide bonds. The highest BCUT2D eigenvalue weighted by Crippen LogP contribution is 2.29. The van der Waals surface area contributed by atoms with Crippen LogP contribution in [-0.2, 0) is 10.9 Å². The van der Waals surface area contributed by atoms with Gasteiger partial charge in [0.25, 0.3) is 5.91 Å². The Morgan fingerprint density at radius 2 is 1.71 bits per heavy atom. The Bertz CT molecular complexity index is 698. The van der Waals surface area contributed by atoms with E-state index in [0.717, 1.165) is 17.7 Å². The zero-order valence-corrected chi connectivity index (χ0v) is 12.8. The fraction of sp³-hybridized carbons (Fsp3) is 0.278. The molecule has 0 radical (unpaired) electrons. The van der Waals surface area contributed by atoms with Gasteiger partial charge in [-0.25, -0.2) is 0 Å². The minimum absolute atomic E-state index is 0.224. The number of hydrogen-bond acceptors (Lipinski definition) is 2. The molecule has 0 saturated carbocycles. The zero-order valence-electron chi connectivity index (χ0n) is 12.8. The number of amides is 1. The highest BCUT2D eigenvalue weighted by atomic mass is 19.4. The maximum Gasteiger partial charge on any atom is 0.416 e. The highest BCUT2D eigenvalue weighted by Gasteiger charge is 2.31. The number of halogens is 3. The number of carbonyl (C=O) groups excluding carboxylic acids is 1. The topological polar surface area (TPSA) is 29.5 Å². The Morgan fingerprint density at radius 3 is 2.33 bits per heavy atom. The van der Waals surface area contributed by atoms with Gasteiger partial charge in [0.1, 0.15) is 6.10 Å². The van der Waals surface area contributed by atoms with Gasteiger partial charge in [-0.05, 0) is 29.8 Å². The predicted octanol–water partition coefficient (Wildman–Crippen LogP) is 3.92. The summed E-state index contributed by atoms with van der Waals surface area (Å²) in [7, 11) is 0. The maximum absolute atomic E-state index is 12.6. The molecule has 2 aromatic carbocycles. The average Bonchev–Trinajstić information content (AvgIpc) is 2.61. The number of hydrogen-bond donors (Lipinski definition) is 0. The lowest BCUT2D eigenvalue weighted by Crippen LogP contribution is -2.42. The van der Waals surface area contributed by atoms with Crippen molar-refractivity contribution in [1.29, 1.82) is 0 Å². The number of rotatable bonds is 2. The summed E-state index contributed by atoms with van der Waals surface area (Å²) in [4.78, 5) is 14.1. The first-order chi connectivity index (χ1) is 11.4. The molecule has 24 heavy (non-hydrogen) atoms. The van der Waals surface area contributed by atoms with E-state index in [2.05, 4.69) is 0 Å². The molecule has 1 heterocycles. The summed E-state index contributed by atoms with van der Waals surface area (Å²) in [6.45, 7) is 1.19. The Kier molecular flexibility index (Phi) is 4.57. The van der Waals surface area contributed by atoms with E-state index < -0.39 is 11.7 Å². The van der Waals surface area contributed by atoms with Crippen molar-refractivity contribution in [3.05, 3.63) is 71.3 Å². The third-order valence-electron chi connectivity index (χ3n) is 3.98. The van der Waals surface area contributed by atoms with Crippen LogP contribution in [0.15, 0.2) is 54.6 Å². The van der Waals surface area contributed by atoms with Crippen molar-refractivity contribution in [1.82, 2.24) is 4.90 Å². The molecule has 1 saturated heterocycles. The van der Waals surface area contributed by atoms with Crippen molar-refractivity contribution in [2.45, 2.75) is 12.3 Å². The Labute approximate surface area is 137 Å². The monoisotopic (exact) mass is 335 g/mol. The first-order valence-corrected chi connectivity index (χ1v) is 7.58. The van der Waals surface area contributed by atoms with E-state index in [1.54, 1.807) is 4.90 Å². The van der Waals surface area contributed by atoms with Gasteiger partial charge in [0.2, 0.25) is 0 Å². The van der Waals surface area contributed by atoms with Crippen LogP contribution in [0.25, 0.3) is 0 Å². The second-order valence-electron chi connectivity index (χ2n) is 5.60. The van der Waals surface area contributed by atoms with E-state index in [0.29, 0.717) is 19.7 Å². The average molecular weight is 335 g/mol. The number of ether oxygens (including phenoxy) is 1. The van der Waals surface area contributed by atoms with Crippen LogP contribution >= 0.6 is 0 Å². The van der Waals surface area contributed by atoms with Crippen LogP contribution in [0.5, 0.6) is 0 Å². The van der Waals surface area contributed by atoms with Gasteiger partial charge >= 0.3 is 6.18 Å². The van der Waals surface area contributed by atoms with Gasteiger partial charge in [-0.15, -0.1) is 0 Å². The lowest BCUT2D eigenvalue weighted by atomic mass is 10.1. The molecule has 0 aliphatic carbocycles.